The Morgan fingerprint density at radius 2 is 1.53 bits per heavy atom. The number of hydrogen-bond acceptors (Lipinski definition) is 6. The molecule has 4 aromatic carbocycles. The van der Waals surface area contributed by atoms with Crippen LogP contribution in [-0.4, -0.2) is 26.2 Å². The number of phenolic OH excluding ortho intramolecular Hbond substituents is 1. The Labute approximate surface area is 206 Å². The first-order valence-corrected chi connectivity index (χ1v) is 12.2. The van der Waals surface area contributed by atoms with Gasteiger partial charge in [-0.15, -0.1) is 0 Å². The van der Waals surface area contributed by atoms with E-state index in [1.54, 1.807) is 24.3 Å². The predicted octanol–water partition coefficient (Wildman–Crippen LogP) is 4.98. The van der Waals surface area contributed by atoms with Gasteiger partial charge in [-0.3, -0.25) is 9.52 Å². The Morgan fingerprint density at radius 1 is 0.833 bits per heavy atom. The minimum atomic E-state index is -4.09. The number of ether oxygens (including phenoxy) is 2. The molecular formula is C26H19FN2O6S. The molecule has 0 unspecified atom stereocenters. The maximum Gasteiger partial charge on any atom is 0.262 e. The summed E-state index contributed by atoms with van der Waals surface area (Å²) in [5.74, 6) is -0.00191. The molecule has 1 aliphatic heterocycles. The highest BCUT2D eigenvalue weighted by molar-refractivity contribution is 7.92. The van der Waals surface area contributed by atoms with E-state index in [1.165, 1.54) is 18.2 Å². The molecule has 0 saturated carbocycles. The molecule has 8 nitrogen and oxygen atoms in total. The highest BCUT2D eigenvalue weighted by atomic mass is 32.2. The normalized spacial score (nSPS) is 12.2. The number of fused-ring (bicyclic) bond motifs is 1. The Balaban J connectivity index is 1.30. The van der Waals surface area contributed by atoms with Gasteiger partial charge in [0.15, 0.2) is 11.5 Å². The SMILES string of the molecule is O=C(Nc1ccc(O)c(NS(=O)(=O)c2ccc(F)cc2)c1)c1ccc(-c2ccc3c(c2)OCO3)cc1. The fourth-order valence-corrected chi connectivity index (χ4v) is 4.67. The Kier molecular flexibility index (Phi) is 5.95. The molecule has 5 rings (SSSR count). The second-order valence-electron chi connectivity index (χ2n) is 7.89. The van der Waals surface area contributed by atoms with Crippen LogP contribution in [0.1, 0.15) is 10.4 Å². The van der Waals surface area contributed by atoms with Crippen LogP contribution in [-0.2, 0) is 10.0 Å². The lowest BCUT2D eigenvalue weighted by Crippen LogP contribution is -2.14. The zero-order chi connectivity index (χ0) is 25.3. The molecule has 1 aliphatic rings. The van der Waals surface area contributed by atoms with Crippen molar-refractivity contribution in [3.63, 3.8) is 0 Å². The lowest BCUT2D eigenvalue weighted by molar-refractivity contribution is 0.102. The van der Waals surface area contributed by atoms with E-state index in [-0.39, 0.29) is 28.8 Å². The molecule has 0 aliphatic carbocycles. The topological polar surface area (TPSA) is 114 Å². The number of halogens is 1. The summed E-state index contributed by atoms with van der Waals surface area (Å²) in [6, 6.07) is 20.7. The van der Waals surface area contributed by atoms with Gasteiger partial charge in [0.2, 0.25) is 6.79 Å². The third kappa shape index (κ3) is 4.80. The fourth-order valence-electron chi connectivity index (χ4n) is 3.61. The minimum Gasteiger partial charge on any atom is -0.506 e. The van der Waals surface area contributed by atoms with E-state index in [2.05, 4.69) is 10.0 Å². The molecule has 36 heavy (non-hydrogen) atoms. The van der Waals surface area contributed by atoms with Crippen LogP contribution in [0.4, 0.5) is 15.8 Å². The molecule has 0 fully saturated rings. The number of nitrogens with one attached hydrogen (secondary N) is 2. The van der Waals surface area contributed by atoms with Crippen LogP contribution in [0.3, 0.4) is 0 Å². The van der Waals surface area contributed by atoms with Crippen molar-refractivity contribution in [2.45, 2.75) is 4.90 Å². The molecule has 182 valence electrons. The van der Waals surface area contributed by atoms with E-state index in [0.29, 0.717) is 17.1 Å². The molecule has 1 heterocycles. The molecule has 0 spiro atoms. The first kappa shape index (κ1) is 23.2. The first-order chi connectivity index (χ1) is 17.3. The van der Waals surface area contributed by atoms with E-state index < -0.39 is 21.7 Å². The summed E-state index contributed by atoms with van der Waals surface area (Å²) in [5.41, 5.74) is 2.28. The summed E-state index contributed by atoms with van der Waals surface area (Å²) in [5, 5.41) is 12.8. The summed E-state index contributed by atoms with van der Waals surface area (Å²) in [7, 11) is -4.09. The molecule has 0 bridgehead atoms. The number of phenols is 1. The molecule has 3 N–H and O–H groups in total. The zero-order valence-electron chi connectivity index (χ0n) is 18.6. The standard InChI is InChI=1S/C26H19FN2O6S/c27-19-6-9-21(10-7-19)36(32,33)29-22-14-20(8-11-23(22)30)28-26(31)17-3-1-16(2-4-17)18-5-12-24-25(13-18)35-15-34-24/h1-14,29-30H,15H2,(H,28,31). The van der Waals surface area contributed by atoms with E-state index in [4.69, 9.17) is 9.47 Å². The minimum absolute atomic E-state index is 0.143. The summed E-state index contributed by atoms with van der Waals surface area (Å²) in [6.45, 7) is 0.185. The number of aromatic hydroxyl groups is 1. The summed E-state index contributed by atoms with van der Waals surface area (Å²) >= 11 is 0. The second kappa shape index (κ2) is 9.23. The molecule has 0 atom stereocenters. The molecule has 4 aromatic rings. The third-order valence-corrected chi connectivity index (χ3v) is 6.86. The van der Waals surface area contributed by atoms with Gasteiger partial charge in [0.1, 0.15) is 11.6 Å². The van der Waals surface area contributed by atoms with E-state index in [1.807, 2.05) is 18.2 Å². The van der Waals surface area contributed by atoms with Crippen LogP contribution < -0.4 is 19.5 Å². The van der Waals surface area contributed by atoms with Crippen molar-refractivity contribution >= 4 is 27.3 Å². The number of benzene rings is 4. The van der Waals surface area contributed by atoms with Gasteiger partial charge in [0, 0.05) is 11.3 Å². The molecule has 1 amide bonds. The third-order valence-electron chi connectivity index (χ3n) is 5.48. The Hall–Kier alpha value is -4.57. The average Bonchev–Trinajstić information content (AvgIpc) is 3.34. The molecule has 10 heteroatoms. The fraction of sp³-hybridized carbons (Fsp3) is 0.0385. The van der Waals surface area contributed by atoms with Gasteiger partial charge in [0.25, 0.3) is 15.9 Å². The van der Waals surface area contributed by atoms with Gasteiger partial charge in [0.05, 0.1) is 10.6 Å². The van der Waals surface area contributed by atoms with Crippen LogP contribution in [0.2, 0.25) is 0 Å². The number of amides is 1. The highest BCUT2D eigenvalue weighted by Crippen LogP contribution is 2.36. The predicted molar refractivity (Wildman–Crippen MR) is 131 cm³/mol. The number of anilines is 2. The van der Waals surface area contributed by atoms with Crippen molar-refractivity contribution in [1.82, 2.24) is 0 Å². The molecule has 0 saturated heterocycles. The van der Waals surface area contributed by atoms with Crippen LogP contribution in [0.25, 0.3) is 11.1 Å². The maximum absolute atomic E-state index is 13.1. The molecule has 0 radical (unpaired) electrons. The van der Waals surface area contributed by atoms with Crippen molar-refractivity contribution < 1.29 is 32.2 Å². The number of rotatable bonds is 6. The van der Waals surface area contributed by atoms with E-state index >= 15 is 0 Å². The quantitative estimate of drug-likeness (QED) is 0.251. The smallest absolute Gasteiger partial charge is 0.262 e. The summed E-state index contributed by atoms with van der Waals surface area (Å²) in [6.07, 6.45) is 0. The molecule has 0 aromatic heterocycles. The van der Waals surface area contributed by atoms with Gasteiger partial charge in [-0.2, -0.15) is 0 Å². The zero-order valence-corrected chi connectivity index (χ0v) is 19.4. The number of sulfonamides is 1. The van der Waals surface area contributed by atoms with Crippen molar-refractivity contribution in [3.05, 3.63) is 96.3 Å². The average molecular weight is 507 g/mol. The maximum atomic E-state index is 13.1. The first-order valence-electron chi connectivity index (χ1n) is 10.7. The lowest BCUT2D eigenvalue weighted by Gasteiger charge is -2.12. The van der Waals surface area contributed by atoms with Gasteiger partial charge in [-0.05, 0) is 77.9 Å². The Morgan fingerprint density at radius 3 is 2.28 bits per heavy atom. The summed E-state index contributed by atoms with van der Waals surface area (Å²) < 4.78 is 51.3. The van der Waals surface area contributed by atoms with Crippen LogP contribution in [0, 0.1) is 5.82 Å². The van der Waals surface area contributed by atoms with Gasteiger partial charge in [-0.1, -0.05) is 18.2 Å². The summed E-state index contributed by atoms with van der Waals surface area (Å²) in [4.78, 5) is 12.6. The monoisotopic (exact) mass is 506 g/mol. The highest BCUT2D eigenvalue weighted by Gasteiger charge is 2.18. The lowest BCUT2D eigenvalue weighted by atomic mass is 10.0. The van der Waals surface area contributed by atoms with Crippen LogP contribution in [0.15, 0.2) is 89.8 Å². The van der Waals surface area contributed by atoms with Crippen molar-refractivity contribution in [2.75, 3.05) is 16.8 Å². The van der Waals surface area contributed by atoms with Crippen molar-refractivity contribution in [1.29, 1.82) is 0 Å². The molecular weight excluding hydrogens is 487 g/mol. The van der Waals surface area contributed by atoms with Crippen molar-refractivity contribution in [3.8, 4) is 28.4 Å². The van der Waals surface area contributed by atoms with Crippen molar-refractivity contribution in [2.24, 2.45) is 0 Å². The number of carbonyl (C=O) groups excluding carboxylic acids is 1. The van der Waals surface area contributed by atoms with Gasteiger partial charge in [-0.25, -0.2) is 12.8 Å². The van der Waals surface area contributed by atoms with Crippen LogP contribution in [0.5, 0.6) is 17.2 Å². The Bertz CT molecular complexity index is 1550. The van der Waals surface area contributed by atoms with Crippen LogP contribution >= 0.6 is 0 Å². The van der Waals surface area contributed by atoms with Gasteiger partial charge >= 0.3 is 0 Å². The number of hydrogen-bond donors (Lipinski definition) is 3. The number of carbonyl (C=O) groups is 1. The van der Waals surface area contributed by atoms with E-state index in [0.717, 1.165) is 35.4 Å². The second-order valence-corrected chi connectivity index (χ2v) is 9.57. The largest absolute Gasteiger partial charge is 0.506 e. The van der Waals surface area contributed by atoms with E-state index in [9.17, 15) is 22.7 Å². The van der Waals surface area contributed by atoms with Gasteiger partial charge < -0.3 is 19.9 Å².